The van der Waals surface area contributed by atoms with Crippen LogP contribution in [0.4, 0.5) is 5.69 Å². The Labute approximate surface area is 114 Å². The molecule has 6 heteroatoms. The molecule has 98 valence electrons. The summed E-state index contributed by atoms with van der Waals surface area (Å²) >= 11 is 0. The number of ether oxygens (including phenoxy) is 1. The number of phenols is 1. The van der Waals surface area contributed by atoms with Gasteiger partial charge in [-0.15, -0.1) is 0 Å². The Morgan fingerprint density at radius 3 is 2.32 bits per heavy atom. The molecule has 0 atom stereocenters. The van der Waals surface area contributed by atoms with E-state index in [0.29, 0.717) is 34.9 Å². The SMILES string of the molecule is Cc1c(C#N)c(N)c([S+]2CCOCC2)c(O)c1C#N. The Bertz CT molecular complexity index is 554. The van der Waals surface area contributed by atoms with Crippen LogP contribution < -0.4 is 5.73 Å². The van der Waals surface area contributed by atoms with Crippen molar-refractivity contribution in [2.45, 2.75) is 11.8 Å². The van der Waals surface area contributed by atoms with Crippen molar-refractivity contribution in [3.05, 3.63) is 16.7 Å². The van der Waals surface area contributed by atoms with Crippen LogP contribution in [0.2, 0.25) is 0 Å². The second-order valence-corrected chi connectivity index (χ2v) is 6.41. The van der Waals surface area contributed by atoms with Gasteiger partial charge in [-0.3, -0.25) is 0 Å². The maximum absolute atomic E-state index is 10.3. The molecule has 5 nitrogen and oxygen atoms in total. The Morgan fingerprint density at radius 1 is 1.21 bits per heavy atom. The van der Waals surface area contributed by atoms with E-state index in [9.17, 15) is 10.4 Å². The summed E-state index contributed by atoms with van der Waals surface area (Å²) in [5.41, 5.74) is 7.22. The predicted octanol–water partition coefficient (Wildman–Crippen LogP) is 1.03. The molecule has 0 saturated carbocycles. The van der Waals surface area contributed by atoms with Crippen molar-refractivity contribution in [3.8, 4) is 17.9 Å². The van der Waals surface area contributed by atoms with Crippen molar-refractivity contribution in [2.75, 3.05) is 30.5 Å². The average molecular weight is 276 g/mol. The van der Waals surface area contributed by atoms with Crippen molar-refractivity contribution in [1.82, 2.24) is 0 Å². The summed E-state index contributed by atoms with van der Waals surface area (Å²) in [6.45, 7) is 2.85. The first-order valence-electron chi connectivity index (χ1n) is 5.82. The first-order chi connectivity index (χ1) is 9.11. The highest BCUT2D eigenvalue weighted by atomic mass is 32.2. The van der Waals surface area contributed by atoms with Gasteiger partial charge in [0, 0.05) is 10.9 Å². The van der Waals surface area contributed by atoms with Gasteiger partial charge in [-0.1, -0.05) is 0 Å². The normalized spacial score (nSPS) is 15.7. The van der Waals surface area contributed by atoms with Gasteiger partial charge in [-0.25, -0.2) is 0 Å². The van der Waals surface area contributed by atoms with Crippen molar-refractivity contribution in [1.29, 1.82) is 10.5 Å². The van der Waals surface area contributed by atoms with Gasteiger partial charge < -0.3 is 15.6 Å². The molecule has 19 heavy (non-hydrogen) atoms. The molecule has 0 amide bonds. The van der Waals surface area contributed by atoms with Crippen LogP contribution in [0.1, 0.15) is 16.7 Å². The van der Waals surface area contributed by atoms with E-state index in [-0.39, 0.29) is 22.2 Å². The van der Waals surface area contributed by atoms with Gasteiger partial charge in [0.15, 0.2) is 5.75 Å². The second-order valence-electron chi connectivity index (χ2n) is 4.20. The maximum atomic E-state index is 10.3. The Kier molecular flexibility index (Phi) is 3.84. The first-order valence-corrected chi connectivity index (χ1v) is 7.38. The zero-order valence-electron chi connectivity index (χ0n) is 10.6. The van der Waals surface area contributed by atoms with E-state index in [1.54, 1.807) is 6.92 Å². The standard InChI is InChI=1S/C13H13N3O2S/c1-8-9(6-14)11(16)13(12(17)10(8)7-15)19-4-2-18-3-5-19/h2-5,16H2,1H3/p+1. The molecule has 1 heterocycles. The number of nitriles is 2. The lowest BCUT2D eigenvalue weighted by Crippen LogP contribution is -2.27. The molecular formula is C13H14N3O2S+. The van der Waals surface area contributed by atoms with E-state index in [1.807, 2.05) is 12.1 Å². The third-order valence-corrected chi connectivity index (χ3v) is 5.49. The van der Waals surface area contributed by atoms with E-state index < -0.39 is 0 Å². The highest BCUT2D eigenvalue weighted by Gasteiger charge is 2.35. The molecule has 1 aromatic rings. The molecule has 1 fully saturated rings. The van der Waals surface area contributed by atoms with Crippen molar-refractivity contribution < 1.29 is 9.84 Å². The molecule has 1 aliphatic rings. The third kappa shape index (κ3) is 2.21. The Morgan fingerprint density at radius 2 is 1.79 bits per heavy atom. The number of nitrogens with two attached hydrogens (primary N) is 1. The molecule has 2 rings (SSSR count). The number of hydrogen-bond donors (Lipinski definition) is 2. The lowest BCUT2D eigenvalue weighted by atomic mass is 10.0. The first kappa shape index (κ1) is 13.5. The summed E-state index contributed by atoms with van der Waals surface area (Å²) in [6.07, 6.45) is 0. The van der Waals surface area contributed by atoms with Gasteiger partial charge in [-0.05, 0) is 12.5 Å². The summed E-state index contributed by atoms with van der Waals surface area (Å²) < 4.78 is 5.29. The number of nitrogen functional groups attached to an aromatic ring is 1. The molecular weight excluding hydrogens is 262 g/mol. The number of benzene rings is 1. The Hall–Kier alpha value is -1.89. The van der Waals surface area contributed by atoms with Gasteiger partial charge in [0.2, 0.25) is 4.90 Å². The fourth-order valence-electron chi connectivity index (χ4n) is 2.16. The quantitative estimate of drug-likeness (QED) is 0.589. The molecule has 1 aromatic carbocycles. The maximum Gasteiger partial charge on any atom is 0.222 e. The lowest BCUT2D eigenvalue weighted by molar-refractivity contribution is 0.159. The van der Waals surface area contributed by atoms with E-state index >= 15 is 0 Å². The highest BCUT2D eigenvalue weighted by molar-refractivity contribution is 7.97. The number of hydrogen-bond acceptors (Lipinski definition) is 5. The molecule has 1 aliphatic heterocycles. The molecule has 3 N–H and O–H groups in total. The predicted molar refractivity (Wildman–Crippen MR) is 72.9 cm³/mol. The summed E-state index contributed by atoms with van der Waals surface area (Å²) in [6, 6.07) is 3.99. The highest BCUT2D eigenvalue weighted by Crippen LogP contribution is 2.39. The monoisotopic (exact) mass is 276 g/mol. The topological polar surface area (TPSA) is 103 Å². The fourth-order valence-corrected chi connectivity index (χ4v) is 4.20. The lowest BCUT2D eigenvalue weighted by Gasteiger charge is -2.18. The van der Waals surface area contributed by atoms with E-state index in [1.165, 1.54) is 0 Å². The average Bonchev–Trinajstić information content (AvgIpc) is 2.41. The van der Waals surface area contributed by atoms with Gasteiger partial charge in [0.05, 0.1) is 18.8 Å². The van der Waals surface area contributed by atoms with Crippen LogP contribution in [-0.4, -0.2) is 29.8 Å². The molecule has 0 spiro atoms. The number of phenolic OH excluding ortho intramolecular Hbond substituents is 1. The number of anilines is 1. The van der Waals surface area contributed by atoms with Crippen LogP contribution in [0.15, 0.2) is 4.90 Å². The minimum atomic E-state index is -0.265. The smallest absolute Gasteiger partial charge is 0.222 e. The largest absolute Gasteiger partial charge is 0.502 e. The summed E-state index contributed by atoms with van der Waals surface area (Å²) in [4.78, 5) is 0.557. The van der Waals surface area contributed by atoms with Crippen LogP contribution >= 0.6 is 0 Å². The third-order valence-electron chi connectivity index (χ3n) is 3.18. The number of rotatable bonds is 1. The van der Waals surface area contributed by atoms with Crippen molar-refractivity contribution in [2.24, 2.45) is 0 Å². The van der Waals surface area contributed by atoms with Crippen LogP contribution in [-0.2, 0) is 15.6 Å². The molecule has 0 unspecified atom stereocenters. The van der Waals surface area contributed by atoms with Crippen LogP contribution in [0.5, 0.6) is 5.75 Å². The van der Waals surface area contributed by atoms with Gasteiger partial charge in [-0.2, -0.15) is 10.5 Å². The van der Waals surface area contributed by atoms with Crippen LogP contribution in [0.25, 0.3) is 0 Å². The minimum Gasteiger partial charge on any atom is -0.502 e. The van der Waals surface area contributed by atoms with Crippen LogP contribution in [0, 0.1) is 29.6 Å². The van der Waals surface area contributed by atoms with Crippen molar-refractivity contribution >= 4 is 16.6 Å². The van der Waals surface area contributed by atoms with Gasteiger partial charge in [0.25, 0.3) is 0 Å². The molecule has 0 aromatic heterocycles. The summed E-state index contributed by atoms with van der Waals surface area (Å²) in [5, 5.41) is 28.6. The molecule has 0 radical (unpaired) electrons. The van der Waals surface area contributed by atoms with E-state index in [0.717, 1.165) is 11.5 Å². The Balaban J connectivity index is 2.66. The second kappa shape index (κ2) is 5.40. The zero-order chi connectivity index (χ0) is 14.0. The minimum absolute atomic E-state index is 0.0678. The molecule has 1 saturated heterocycles. The van der Waals surface area contributed by atoms with Gasteiger partial charge in [0.1, 0.15) is 34.9 Å². The van der Waals surface area contributed by atoms with Crippen LogP contribution in [0.3, 0.4) is 0 Å². The summed E-state index contributed by atoms with van der Waals surface area (Å²) in [7, 11) is -0.265. The summed E-state index contributed by atoms with van der Waals surface area (Å²) in [5.74, 6) is 1.45. The number of aromatic hydroxyl groups is 1. The molecule has 0 aliphatic carbocycles. The van der Waals surface area contributed by atoms with E-state index in [4.69, 9.17) is 15.7 Å². The number of nitrogens with zero attached hydrogens (tertiary/aromatic N) is 2. The zero-order valence-corrected chi connectivity index (χ0v) is 11.4. The van der Waals surface area contributed by atoms with Crippen molar-refractivity contribution in [3.63, 3.8) is 0 Å². The molecule has 0 bridgehead atoms. The van der Waals surface area contributed by atoms with Gasteiger partial charge >= 0.3 is 0 Å². The fraction of sp³-hybridized carbons (Fsp3) is 0.385. The van der Waals surface area contributed by atoms with E-state index in [2.05, 4.69) is 0 Å².